The lowest BCUT2D eigenvalue weighted by Crippen LogP contribution is -2.34. The van der Waals surface area contributed by atoms with Crippen LogP contribution in [0.25, 0.3) is 0 Å². The zero-order chi connectivity index (χ0) is 18.1. The number of carbonyl (C=O) groups excluding carboxylic acids is 1. The van der Waals surface area contributed by atoms with Crippen molar-refractivity contribution in [2.24, 2.45) is 0 Å². The summed E-state index contributed by atoms with van der Waals surface area (Å²) >= 11 is 11.0. The fourth-order valence-corrected chi connectivity index (χ4v) is 2.27. The number of amides is 1. The molecule has 7 heteroatoms. The van der Waals surface area contributed by atoms with E-state index in [1.807, 2.05) is 6.92 Å². The molecule has 0 spiro atoms. The van der Waals surface area contributed by atoms with E-state index in [0.29, 0.717) is 36.2 Å². The van der Waals surface area contributed by atoms with Crippen molar-refractivity contribution in [3.05, 3.63) is 59.1 Å². The normalized spacial score (nSPS) is 10.2. The zero-order valence-electron chi connectivity index (χ0n) is 13.8. The number of rotatable bonds is 7. The van der Waals surface area contributed by atoms with Crippen LogP contribution in [0.4, 0.5) is 5.69 Å². The van der Waals surface area contributed by atoms with Gasteiger partial charge < -0.3 is 14.8 Å². The monoisotopic (exact) mass is 378 g/mol. The van der Waals surface area contributed by atoms with Crippen LogP contribution >= 0.6 is 23.8 Å². The van der Waals surface area contributed by atoms with E-state index in [9.17, 15) is 4.79 Å². The van der Waals surface area contributed by atoms with E-state index in [4.69, 9.17) is 33.3 Å². The summed E-state index contributed by atoms with van der Waals surface area (Å²) in [7, 11) is 0. The second kappa shape index (κ2) is 9.98. The Balaban J connectivity index is 1.83. The predicted octanol–water partition coefficient (Wildman–Crippen LogP) is 3.88. The molecule has 5 nitrogen and oxygen atoms in total. The molecular formula is C18H19ClN2O3S. The molecule has 0 fully saturated rings. The van der Waals surface area contributed by atoms with E-state index >= 15 is 0 Å². The van der Waals surface area contributed by atoms with Crippen LogP contribution in [0.2, 0.25) is 5.02 Å². The SMILES string of the molecule is CCOCCOc1ccc(C(=O)NC(=S)Nc2ccc(Cl)cc2)cc1. The molecule has 0 saturated carbocycles. The third kappa shape index (κ3) is 6.70. The summed E-state index contributed by atoms with van der Waals surface area (Å²) in [5, 5.41) is 6.39. The van der Waals surface area contributed by atoms with Crippen LogP contribution < -0.4 is 15.4 Å². The van der Waals surface area contributed by atoms with Crippen LogP contribution in [0, 0.1) is 0 Å². The van der Waals surface area contributed by atoms with Crippen LogP contribution in [-0.4, -0.2) is 30.8 Å². The number of halogens is 1. The average Bonchev–Trinajstić information content (AvgIpc) is 2.61. The standard InChI is InChI=1S/C18H19ClN2O3S/c1-2-23-11-12-24-16-9-3-13(4-10-16)17(22)21-18(25)20-15-7-5-14(19)6-8-15/h3-10H,2,11-12H2,1H3,(H2,20,21,22,25). The third-order valence-electron chi connectivity index (χ3n) is 3.15. The quantitative estimate of drug-likeness (QED) is 0.565. The predicted molar refractivity (Wildman–Crippen MR) is 104 cm³/mol. The highest BCUT2D eigenvalue weighted by atomic mass is 35.5. The minimum Gasteiger partial charge on any atom is -0.491 e. The number of thiocarbonyl (C=S) groups is 1. The Morgan fingerprint density at radius 3 is 2.40 bits per heavy atom. The lowest BCUT2D eigenvalue weighted by molar-refractivity contribution is 0.0977. The Hall–Kier alpha value is -2.15. The van der Waals surface area contributed by atoms with E-state index in [1.165, 1.54) is 0 Å². The molecule has 0 aliphatic rings. The van der Waals surface area contributed by atoms with Gasteiger partial charge in [-0.2, -0.15) is 0 Å². The first-order chi connectivity index (χ1) is 12.1. The summed E-state index contributed by atoms with van der Waals surface area (Å²) in [6.45, 7) is 3.59. The van der Waals surface area contributed by atoms with Crippen molar-refractivity contribution in [2.75, 3.05) is 25.1 Å². The fraction of sp³-hybridized carbons (Fsp3) is 0.222. The second-order valence-corrected chi connectivity index (χ2v) is 5.83. The highest BCUT2D eigenvalue weighted by Crippen LogP contribution is 2.14. The third-order valence-corrected chi connectivity index (χ3v) is 3.60. The maximum Gasteiger partial charge on any atom is 0.257 e. The topological polar surface area (TPSA) is 59.6 Å². The Labute approximate surface area is 157 Å². The maximum absolute atomic E-state index is 12.2. The van der Waals surface area contributed by atoms with Gasteiger partial charge in [-0.1, -0.05) is 11.6 Å². The molecule has 25 heavy (non-hydrogen) atoms. The van der Waals surface area contributed by atoms with Crippen molar-refractivity contribution in [3.8, 4) is 5.75 Å². The van der Waals surface area contributed by atoms with Crippen molar-refractivity contribution in [1.29, 1.82) is 0 Å². The van der Waals surface area contributed by atoms with Crippen molar-refractivity contribution in [2.45, 2.75) is 6.92 Å². The number of nitrogens with one attached hydrogen (secondary N) is 2. The van der Waals surface area contributed by atoms with Crippen molar-refractivity contribution in [3.63, 3.8) is 0 Å². The van der Waals surface area contributed by atoms with Gasteiger partial charge in [0.2, 0.25) is 0 Å². The van der Waals surface area contributed by atoms with Gasteiger partial charge in [-0.15, -0.1) is 0 Å². The number of benzene rings is 2. The molecule has 0 unspecified atom stereocenters. The van der Waals surface area contributed by atoms with Gasteiger partial charge >= 0.3 is 0 Å². The summed E-state index contributed by atoms with van der Waals surface area (Å²) in [6, 6.07) is 13.8. The van der Waals surface area contributed by atoms with E-state index in [1.54, 1.807) is 48.5 Å². The molecule has 0 bridgehead atoms. The average molecular weight is 379 g/mol. The van der Waals surface area contributed by atoms with Crippen LogP contribution in [0.15, 0.2) is 48.5 Å². The number of hydrogen-bond acceptors (Lipinski definition) is 4. The molecule has 0 saturated heterocycles. The first-order valence-corrected chi connectivity index (χ1v) is 8.55. The Morgan fingerprint density at radius 1 is 1.08 bits per heavy atom. The molecule has 0 aliphatic heterocycles. The Kier molecular flexibility index (Phi) is 7.66. The van der Waals surface area contributed by atoms with Crippen molar-refractivity contribution >= 4 is 40.5 Å². The van der Waals surface area contributed by atoms with Gasteiger partial charge in [-0.05, 0) is 67.7 Å². The van der Waals surface area contributed by atoms with Gasteiger partial charge in [0, 0.05) is 22.9 Å². The lowest BCUT2D eigenvalue weighted by atomic mass is 10.2. The van der Waals surface area contributed by atoms with E-state index in [-0.39, 0.29) is 11.0 Å². The molecule has 2 aromatic carbocycles. The van der Waals surface area contributed by atoms with Gasteiger partial charge in [0.05, 0.1) is 6.61 Å². The summed E-state index contributed by atoms with van der Waals surface area (Å²) in [5.41, 5.74) is 1.23. The van der Waals surface area contributed by atoms with Gasteiger partial charge in [0.15, 0.2) is 5.11 Å². The van der Waals surface area contributed by atoms with Crippen molar-refractivity contribution < 1.29 is 14.3 Å². The Bertz CT molecular complexity index is 705. The summed E-state index contributed by atoms with van der Waals surface area (Å²) in [6.07, 6.45) is 0. The van der Waals surface area contributed by atoms with Gasteiger partial charge in [0.25, 0.3) is 5.91 Å². The zero-order valence-corrected chi connectivity index (χ0v) is 15.3. The molecule has 1 amide bonds. The largest absolute Gasteiger partial charge is 0.491 e. The molecule has 0 aromatic heterocycles. The number of ether oxygens (including phenoxy) is 2. The molecule has 2 rings (SSSR count). The molecule has 0 atom stereocenters. The van der Waals surface area contributed by atoms with Crippen LogP contribution in [-0.2, 0) is 4.74 Å². The fourth-order valence-electron chi connectivity index (χ4n) is 1.94. The van der Waals surface area contributed by atoms with E-state index in [2.05, 4.69) is 10.6 Å². The molecule has 0 heterocycles. The summed E-state index contributed by atoms with van der Waals surface area (Å²) in [4.78, 5) is 12.2. The van der Waals surface area contributed by atoms with Crippen LogP contribution in [0.1, 0.15) is 17.3 Å². The molecule has 0 radical (unpaired) electrons. The smallest absolute Gasteiger partial charge is 0.257 e. The van der Waals surface area contributed by atoms with E-state index < -0.39 is 0 Å². The van der Waals surface area contributed by atoms with Gasteiger partial charge in [-0.25, -0.2) is 0 Å². The first kappa shape index (κ1) is 19.2. The van der Waals surface area contributed by atoms with E-state index in [0.717, 1.165) is 5.69 Å². The number of anilines is 1. The number of carbonyl (C=O) groups is 1. The lowest BCUT2D eigenvalue weighted by Gasteiger charge is -2.10. The molecular weight excluding hydrogens is 360 g/mol. The molecule has 2 N–H and O–H groups in total. The summed E-state index contributed by atoms with van der Waals surface area (Å²) in [5.74, 6) is 0.380. The number of hydrogen-bond donors (Lipinski definition) is 2. The Morgan fingerprint density at radius 2 is 1.76 bits per heavy atom. The molecule has 2 aromatic rings. The highest BCUT2D eigenvalue weighted by Gasteiger charge is 2.08. The highest BCUT2D eigenvalue weighted by molar-refractivity contribution is 7.80. The first-order valence-electron chi connectivity index (χ1n) is 7.77. The summed E-state index contributed by atoms with van der Waals surface area (Å²) < 4.78 is 10.7. The van der Waals surface area contributed by atoms with Crippen LogP contribution in [0.3, 0.4) is 0 Å². The second-order valence-electron chi connectivity index (χ2n) is 4.98. The minimum absolute atomic E-state index is 0.212. The molecule has 0 aliphatic carbocycles. The van der Waals surface area contributed by atoms with Gasteiger partial charge in [0.1, 0.15) is 12.4 Å². The maximum atomic E-state index is 12.2. The van der Waals surface area contributed by atoms with Gasteiger partial charge in [-0.3, -0.25) is 10.1 Å². The van der Waals surface area contributed by atoms with Crippen molar-refractivity contribution in [1.82, 2.24) is 5.32 Å². The molecule has 132 valence electrons. The van der Waals surface area contributed by atoms with Crippen LogP contribution in [0.5, 0.6) is 5.75 Å². The minimum atomic E-state index is -0.299.